The van der Waals surface area contributed by atoms with E-state index in [1.54, 1.807) is 0 Å². The number of nitrogens with one attached hydrogen (secondary N) is 2. The van der Waals surface area contributed by atoms with Crippen molar-refractivity contribution in [2.45, 2.75) is 38.4 Å². The van der Waals surface area contributed by atoms with Crippen LogP contribution >= 0.6 is 11.6 Å². The molecule has 1 fully saturated rings. The summed E-state index contributed by atoms with van der Waals surface area (Å²) in [5.41, 5.74) is 1.16. The van der Waals surface area contributed by atoms with Gasteiger partial charge in [-0.2, -0.15) is 0 Å². The standard InChI is InChI=1S/C15H23ClN2O/c1-11(9-13-10-19-8-7-17-13)18-12(2)14-5-3-4-6-15(14)16/h3-6,11-13,17-18H,7-10H2,1-2H3/t11?,12-,13?/m1/s1. The Kier molecular flexibility index (Phi) is 5.64. The van der Waals surface area contributed by atoms with Crippen LogP contribution in [-0.2, 0) is 4.74 Å². The maximum absolute atomic E-state index is 6.22. The van der Waals surface area contributed by atoms with Crippen molar-refractivity contribution < 1.29 is 4.74 Å². The molecular formula is C15H23ClN2O. The molecule has 1 aliphatic heterocycles. The SMILES string of the molecule is CC(CC1COCCN1)N[C@H](C)c1ccccc1Cl. The summed E-state index contributed by atoms with van der Waals surface area (Å²) in [7, 11) is 0. The molecule has 106 valence electrons. The zero-order chi connectivity index (χ0) is 13.7. The van der Waals surface area contributed by atoms with Crippen LogP contribution in [0.2, 0.25) is 5.02 Å². The minimum Gasteiger partial charge on any atom is -0.379 e. The van der Waals surface area contributed by atoms with Gasteiger partial charge in [-0.1, -0.05) is 29.8 Å². The molecule has 0 aromatic heterocycles. The summed E-state index contributed by atoms with van der Waals surface area (Å²) >= 11 is 6.22. The molecule has 0 aliphatic carbocycles. The fraction of sp³-hybridized carbons (Fsp3) is 0.600. The fourth-order valence-electron chi connectivity index (χ4n) is 2.61. The molecule has 0 bridgehead atoms. The van der Waals surface area contributed by atoms with E-state index in [-0.39, 0.29) is 6.04 Å². The second-order valence-corrected chi connectivity index (χ2v) is 5.68. The molecule has 0 radical (unpaired) electrons. The largest absolute Gasteiger partial charge is 0.379 e. The lowest BCUT2D eigenvalue weighted by atomic mass is 10.0. The van der Waals surface area contributed by atoms with Crippen molar-refractivity contribution in [1.82, 2.24) is 10.6 Å². The van der Waals surface area contributed by atoms with E-state index in [2.05, 4.69) is 30.5 Å². The average Bonchev–Trinajstić information content (AvgIpc) is 2.40. The number of morpholine rings is 1. The molecule has 1 aliphatic rings. The van der Waals surface area contributed by atoms with E-state index >= 15 is 0 Å². The van der Waals surface area contributed by atoms with Gasteiger partial charge in [0.05, 0.1) is 13.2 Å². The first kappa shape index (κ1) is 14.8. The lowest BCUT2D eigenvalue weighted by Crippen LogP contribution is -2.45. The molecule has 1 aromatic carbocycles. The van der Waals surface area contributed by atoms with Crippen molar-refractivity contribution >= 4 is 11.6 Å². The van der Waals surface area contributed by atoms with E-state index in [1.165, 1.54) is 0 Å². The smallest absolute Gasteiger partial charge is 0.0620 e. The zero-order valence-corrected chi connectivity index (χ0v) is 12.4. The second-order valence-electron chi connectivity index (χ2n) is 5.27. The van der Waals surface area contributed by atoms with Crippen molar-refractivity contribution in [2.24, 2.45) is 0 Å². The summed E-state index contributed by atoms with van der Waals surface area (Å²) < 4.78 is 5.48. The Morgan fingerprint density at radius 2 is 2.21 bits per heavy atom. The molecular weight excluding hydrogens is 260 g/mol. The van der Waals surface area contributed by atoms with Crippen LogP contribution in [0, 0.1) is 0 Å². The van der Waals surface area contributed by atoms with Gasteiger partial charge >= 0.3 is 0 Å². The first-order chi connectivity index (χ1) is 9.16. The van der Waals surface area contributed by atoms with Crippen LogP contribution < -0.4 is 10.6 Å². The van der Waals surface area contributed by atoms with Gasteiger partial charge in [0.15, 0.2) is 0 Å². The Labute approximate surface area is 120 Å². The third-order valence-electron chi connectivity index (χ3n) is 3.54. The maximum atomic E-state index is 6.22. The lowest BCUT2D eigenvalue weighted by molar-refractivity contribution is 0.0708. The van der Waals surface area contributed by atoms with E-state index < -0.39 is 0 Å². The van der Waals surface area contributed by atoms with Gasteiger partial charge in [0.25, 0.3) is 0 Å². The van der Waals surface area contributed by atoms with E-state index in [1.807, 2.05) is 18.2 Å². The van der Waals surface area contributed by atoms with Gasteiger partial charge < -0.3 is 15.4 Å². The monoisotopic (exact) mass is 282 g/mol. The quantitative estimate of drug-likeness (QED) is 0.871. The summed E-state index contributed by atoms with van der Waals surface area (Å²) in [5.74, 6) is 0. The predicted molar refractivity (Wildman–Crippen MR) is 79.7 cm³/mol. The second kappa shape index (κ2) is 7.25. The van der Waals surface area contributed by atoms with E-state index in [4.69, 9.17) is 16.3 Å². The Morgan fingerprint density at radius 3 is 2.89 bits per heavy atom. The number of hydrogen-bond acceptors (Lipinski definition) is 3. The molecule has 4 heteroatoms. The minimum absolute atomic E-state index is 0.258. The lowest BCUT2D eigenvalue weighted by Gasteiger charge is -2.28. The summed E-state index contributed by atoms with van der Waals surface area (Å²) in [6.07, 6.45) is 1.06. The molecule has 0 spiro atoms. The highest BCUT2D eigenvalue weighted by Gasteiger charge is 2.18. The molecule has 2 unspecified atom stereocenters. The zero-order valence-electron chi connectivity index (χ0n) is 11.7. The molecule has 1 aromatic rings. The Morgan fingerprint density at radius 1 is 1.42 bits per heavy atom. The number of halogens is 1. The molecule has 3 atom stereocenters. The van der Waals surface area contributed by atoms with Gasteiger partial charge in [0.2, 0.25) is 0 Å². The van der Waals surface area contributed by atoms with E-state index in [9.17, 15) is 0 Å². The first-order valence-corrected chi connectivity index (χ1v) is 7.36. The highest BCUT2D eigenvalue weighted by Crippen LogP contribution is 2.22. The van der Waals surface area contributed by atoms with Crippen LogP contribution in [0.5, 0.6) is 0 Å². The third-order valence-corrected chi connectivity index (χ3v) is 3.89. The van der Waals surface area contributed by atoms with E-state index in [0.717, 1.165) is 36.8 Å². The summed E-state index contributed by atoms with van der Waals surface area (Å²) in [6, 6.07) is 9.14. The highest BCUT2D eigenvalue weighted by atomic mass is 35.5. The van der Waals surface area contributed by atoms with Crippen molar-refractivity contribution in [3.63, 3.8) is 0 Å². The number of hydrogen-bond donors (Lipinski definition) is 2. The topological polar surface area (TPSA) is 33.3 Å². The van der Waals surface area contributed by atoms with Crippen LogP contribution in [-0.4, -0.2) is 31.8 Å². The van der Waals surface area contributed by atoms with Crippen LogP contribution in [0.25, 0.3) is 0 Å². The molecule has 2 rings (SSSR count). The molecule has 0 amide bonds. The van der Waals surface area contributed by atoms with Gasteiger partial charge in [0, 0.05) is 29.7 Å². The summed E-state index contributed by atoms with van der Waals surface area (Å²) in [5, 5.41) is 7.92. The van der Waals surface area contributed by atoms with Crippen LogP contribution in [0.4, 0.5) is 0 Å². The molecule has 0 saturated carbocycles. The van der Waals surface area contributed by atoms with Crippen molar-refractivity contribution in [3.05, 3.63) is 34.9 Å². The Bertz CT molecular complexity index is 393. The van der Waals surface area contributed by atoms with Gasteiger partial charge in [-0.05, 0) is 31.9 Å². The minimum atomic E-state index is 0.258. The van der Waals surface area contributed by atoms with Crippen LogP contribution in [0.15, 0.2) is 24.3 Å². The maximum Gasteiger partial charge on any atom is 0.0620 e. The number of rotatable bonds is 5. The molecule has 1 saturated heterocycles. The van der Waals surface area contributed by atoms with Crippen molar-refractivity contribution in [1.29, 1.82) is 0 Å². The molecule has 19 heavy (non-hydrogen) atoms. The van der Waals surface area contributed by atoms with Crippen LogP contribution in [0.1, 0.15) is 31.9 Å². The Balaban J connectivity index is 1.84. The normalized spacial score (nSPS) is 23.0. The van der Waals surface area contributed by atoms with E-state index in [0.29, 0.717) is 12.1 Å². The summed E-state index contributed by atoms with van der Waals surface area (Å²) in [4.78, 5) is 0. The van der Waals surface area contributed by atoms with Gasteiger partial charge in [-0.15, -0.1) is 0 Å². The van der Waals surface area contributed by atoms with Crippen molar-refractivity contribution in [2.75, 3.05) is 19.8 Å². The molecule has 1 heterocycles. The third kappa shape index (κ3) is 4.46. The van der Waals surface area contributed by atoms with Gasteiger partial charge in [-0.3, -0.25) is 0 Å². The van der Waals surface area contributed by atoms with Gasteiger partial charge in [0.1, 0.15) is 0 Å². The molecule has 2 N–H and O–H groups in total. The first-order valence-electron chi connectivity index (χ1n) is 6.98. The average molecular weight is 283 g/mol. The number of benzene rings is 1. The highest BCUT2D eigenvalue weighted by molar-refractivity contribution is 6.31. The number of ether oxygens (including phenoxy) is 1. The summed E-state index contributed by atoms with van der Waals surface area (Å²) in [6.45, 7) is 6.96. The molecule has 3 nitrogen and oxygen atoms in total. The van der Waals surface area contributed by atoms with Gasteiger partial charge in [-0.25, -0.2) is 0 Å². The fourth-order valence-corrected chi connectivity index (χ4v) is 2.91. The predicted octanol–water partition coefficient (Wildman–Crippen LogP) is 2.76. The Hall–Kier alpha value is -0.610. The van der Waals surface area contributed by atoms with Crippen molar-refractivity contribution in [3.8, 4) is 0 Å². The van der Waals surface area contributed by atoms with Crippen LogP contribution in [0.3, 0.4) is 0 Å².